The van der Waals surface area contributed by atoms with Gasteiger partial charge in [0.25, 0.3) is 5.91 Å². The summed E-state index contributed by atoms with van der Waals surface area (Å²) in [5.74, 6) is -0.180. The van der Waals surface area contributed by atoms with Crippen LogP contribution in [0, 0.1) is 3.57 Å². The first-order chi connectivity index (χ1) is 9.75. The normalized spacial score (nSPS) is 10.4. The Labute approximate surface area is 129 Å². The van der Waals surface area contributed by atoms with Crippen LogP contribution in [0.4, 0.5) is 5.69 Å². The van der Waals surface area contributed by atoms with Crippen LogP contribution < -0.4 is 5.32 Å². The van der Waals surface area contributed by atoms with Gasteiger partial charge in [0, 0.05) is 16.0 Å². The van der Waals surface area contributed by atoms with E-state index in [1.54, 1.807) is 18.5 Å². The van der Waals surface area contributed by atoms with Gasteiger partial charge in [0.1, 0.15) is 5.52 Å². The molecule has 0 bridgehead atoms. The average molecular weight is 375 g/mol. The molecule has 2 aromatic carbocycles. The summed E-state index contributed by atoms with van der Waals surface area (Å²) in [5.41, 5.74) is 2.63. The molecule has 20 heavy (non-hydrogen) atoms. The lowest BCUT2D eigenvalue weighted by molar-refractivity contribution is 0.102. The largest absolute Gasteiger partial charge is 0.321 e. The predicted octanol–water partition coefficient (Wildman–Crippen LogP) is 3.49. The monoisotopic (exact) mass is 375 g/mol. The van der Waals surface area contributed by atoms with Crippen LogP contribution in [-0.4, -0.2) is 15.9 Å². The summed E-state index contributed by atoms with van der Waals surface area (Å²) < 4.78 is 0.991. The Morgan fingerprint density at radius 2 is 1.80 bits per heavy atom. The molecule has 0 saturated heterocycles. The lowest BCUT2D eigenvalue weighted by Gasteiger charge is -2.08. The van der Waals surface area contributed by atoms with Gasteiger partial charge in [-0.3, -0.25) is 14.8 Å². The molecular weight excluding hydrogens is 365 g/mol. The van der Waals surface area contributed by atoms with Crippen molar-refractivity contribution in [1.29, 1.82) is 0 Å². The maximum atomic E-state index is 12.4. The van der Waals surface area contributed by atoms with Crippen molar-refractivity contribution in [2.75, 3.05) is 5.32 Å². The van der Waals surface area contributed by atoms with E-state index in [-0.39, 0.29) is 5.91 Å². The van der Waals surface area contributed by atoms with Crippen molar-refractivity contribution in [3.8, 4) is 0 Å². The fraction of sp³-hybridized carbons (Fsp3) is 0. The van der Waals surface area contributed by atoms with Crippen LogP contribution in [0.5, 0.6) is 0 Å². The highest BCUT2D eigenvalue weighted by Crippen LogP contribution is 2.20. The number of aromatic nitrogens is 2. The highest BCUT2D eigenvalue weighted by molar-refractivity contribution is 14.1. The first-order valence-corrected chi connectivity index (χ1v) is 7.09. The Hall–Kier alpha value is -2.02. The Bertz CT molecular complexity index is 783. The van der Waals surface area contributed by atoms with E-state index in [0.717, 1.165) is 9.26 Å². The van der Waals surface area contributed by atoms with Crippen molar-refractivity contribution in [1.82, 2.24) is 9.97 Å². The fourth-order valence-corrected chi connectivity index (χ4v) is 2.45. The minimum atomic E-state index is -0.180. The Morgan fingerprint density at radius 1 is 1.00 bits per heavy atom. The van der Waals surface area contributed by atoms with Crippen LogP contribution in [-0.2, 0) is 0 Å². The summed E-state index contributed by atoms with van der Waals surface area (Å²) in [6.07, 6.45) is 3.20. The molecule has 1 aromatic heterocycles. The third kappa shape index (κ3) is 2.49. The Morgan fingerprint density at radius 3 is 2.65 bits per heavy atom. The third-order valence-corrected chi connectivity index (χ3v) is 3.81. The first-order valence-electron chi connectivity index (χ1n) is 6.01. The van der Waals surface area contributed by atoms with E-state index < -0.39 is 0 Å². The average Bonchev–Trinajstić information content (AvgIpc) is 2.49. The fourth-order valence-electron chi connectivity index (χ4n) is 1.93. The van der Waals surface area contributed by atoms with Crippen LogP contribution >= 0.6 is 22.6 Å². The van der Waals surface area contributed by atoms with Gasteiger partial charge in [0.15, 0.2) is 0 Å². The maximum Gasteiger partial charge on any atom is 0.257 e. The van der Waals surface area contributed by atoms with E-state index in [2.05, 4.69) is 37.9 Å². The molecule has 1 N–H and O–H groups in total. The summed E-state index contributed by atoms with van der Waals surface area (Å²) in [4.78, 5) is 20.8. The van der Waals surface area contributed by atoms with Crippen molar-refractivity contribution >= 4 is 45.2 Å². The van der Waals surface area contributed by atoms with Gasteiger partial charge in [-0.15, -0.1) is 0 Å². The SMILES string of the molecule is O=C(Nc1ccccc1I)c1cccc2nccnc12. The van der Waals surface area contributed by atoms with Gasteiger partial charge in [-0.05, 0) is 46.9 Å². The van der Waals surface area contributed by atoms with Gasteiger partial charge in [-0.25, -0.2) is 0 Å². The Kier molecular flexibility index (Phi) is 3.60. The standard InChI is InChI=1S/C15H10IN3O/c16-11-5-1-2-6-12(11)19-15(20)10-4-3-7-13-14(10)18-9-8-17-13/h1-9H,(H,19,20). The first kappa shape index (κ1) is 13.0. The van der Waals surface area contributed by atoms with Gasteiger partial charge in [-0.2, -0.15) is 0 Å². The molecule has 3 rings (SSSR count). The molecule has 0 unspecified atom stereocenters. The van der Waals surface area contributed by atoms with E-state index in [0.29, 0.717) is 16.6 Å². The second kappa shape index (κ2) is 5.54. The summed E-state index contributed by atoms with van der Waals surface area (Å²) >= 11 is 2.19. The predicted molar refractivity (Wildman–Crippen MR) is 86.7 cm³/mol. The maximum absolute atomic E-state index is 12.4. The molecule has 0 radical (unpaired) electrons. The lowest BCUT2D eigenvalue weighted by Crippen LogP contribution is -2.13. The van der Waals surface area contributed by atoms with E-state index in [9.17, 15) is 4.79 Å². The molecule has 4 nitrogen and oxygen atoms in total. The van der Waals surface area contributed by atoms with E-state index in [1.165, 1.54) is 0 Å². The molecule has 0 spiro atoms. The number of para-hydroxylation sites is 2. The van der Waals surface area contributed by atoms with Crippen LogP contribution in [0.3, 0.4) is 0 Å². The molecule has 0 atom stereocenters. The zero-order chi connectivity index (χ0) is 13.9. The van der Waals surface area contributed by atoms with E-state index in [1.807, 2.05) is 36.4 Å². The number of carbonyl (C=O) groups excluding carboxylic acids is 1. The minimum absolute atomic E-state index is 0.180. The van der Waals surface area contributed by atoms with Gasteiger partial charge in [0.05, 0.1) is 16.8 Å². The highest BCUT2D eigenvalue weighted by Gasteiger charge is 2.12. The number of nitrogens with zero attached hydrogens (tertiary/aromatic N) is 2. The summed E-state index contributed by atoms with van der Waals surface area (Å²) in [7, 11) is 0. The summed E-state index contributed by atoms with van der Waals surface area (Å²) in [6.45, 7) is 0. The summed E-state index contributed by atoms with van der Waals surface area (Å²) in [5, 5.41) is 2.90. The molecule has 1 heterocycles. The number of hydrogen-bond acceptors (Lipinski definition) is 3. The van der Waals surface area contributed by atoms with Crippen molar-refractivity contribution < 1.29 is 4.79 Å². The van der Waals surface area contributed by atoms with Crippen LogP contribution in [0.2, 0.25) is 0 Å². The molecule has 1 amide bonds. The zero-order valence-corrected chi connectivity index (χ0v) is 12.5. The molecule has 5 heteroatoms. The van der Waals surface area contributed by atoms with Crippen molar-refractivity contribution in [3.05, 3.63) is 64.0 Å². The second-order valence-electron chi connectivity index (χ2n) is 4.16. The molecule has 3 aromatic rings. The number of rotatable bonds is 2. The number of amides is 1. The number of carbonyl (C=O) groups is 1. The molecule has 0 fully saturated rings. The van der Waals surface area contributed by atoms with Crippen LogP contribution in [0.25, 0.3) is 11.0 Å². The molecular formula is C15H10IN3O. The van der Waals surface area contributed by atoms with Gasteiger partial charge < -0.3 is 5.32 Å². The molecule has 0 saturated carbocycles. The van der Waals surface area contributed by atoms with E-state index >= 15 is 0 Å². The van der Waals surface area contributed by atoms with Gasteiger partial charge >= 0.3 is 0 Å². The zero-order valence-electron chi connectivity index (χ0n) is 10.4. The number of nitrogens with one attached hydrogen (secondary N) is 1. The number of anilines is 1. The van der Waals surface area contributed by atoms with Crippen molar-refractivity contribution in [2.45, 2.75) is 0 Å². The smallest absolute Gasteiger partial charge is 0.257 e. The molecule has 0 aliphatic carbocycles. The number of fused-ring (bicyclic) bond motifs is 1. The van der Waals surface area contributed by atoms with Gasteiger partial charge in [-0.1, -0.05) is 18.2 Å². The van der Waals surface area contributed by atoms with Crippen molar-refractivity contribution in [2.24, 2.45) is 0 Å². The van der Waals surface area contributed by atoms with E-state index in [4.69, 9.17) is 0 Å². The number of hydrogen-bond donors (Lipinski definition) is 1. The number of benzene rings is 2. The van der Waals surface area contributed by atoms with Crippen LogP contribution in [0.15, 0.2) is 54.9 Å². The molecule has 98 valence electrons. The highest BCUT2D eigenvalue weighted by atomic mass is 127. The molecule has 0 aliphatic heterocycles. The minimum Gasteiger partial charge on any atom is -0.321 e. The lowest BCUT2D eigenvalue weighted by atomic mass is 10.1. The molecule has 0 aliphatic rings. The summed E-state index contributed by atoms with van der Waals surface area (Å²) in [6, 6.07) is 13.0. The number of halogens is 1. The topological polar surface area (TPSA) is 54.9 Å². The Balaban J connectivity index is 1.99. The van der Waals surface area contributed by atoms with Crippen LogP contribution in [0.1, 0.15) is 10.4 Å². The van der Waals surface area contributed by atoms with Crippen molar-refractivity contribution in [3.63, 3.8) is 0 Å². The second-order valence-corrected chi connectivity index (χ2v) is 5.33. The third-order valence-electron chi connectivity index (χ3n) is 2.87. The quantitative estimate of drug-likeness (QED) is 0.698. The van der Waals surface area contributed by atoms with Gasteiger partial charge in [0.2, 0.25) is 0 Å².